The Labute approximate surface area is 91.8 Å². The minimum Gasteiger partial charge on any atom is -0.335 e. The minimum atomic E-state index is -4.33. The van der Waals surface area contributed by atoms with Crippen LogP contribution in [-0.4, -0.2) is 23.8 Å². The molecule has 0 aromatic rings. The molecule has 0 aromatic heterocycles. The summed E-state index contributed by atoms with van der Waals surface area (Å²) in [5.74, 6) is 0. The predicted octanol–water partition coefficient (Wildman–Crippen LogP) is 2.32. The SMILES string of the molecule is O=C(NC1CCCC1)NC1(C(F)(F)F)CC1. The van der Waals surface area contributed by atoms with Crippen LogP contribution in [-0.2, 0) is 0 Å². The van der Waals surface area contributed by atoms with E-state index in [0.29, 0.717) is 0 Å². The van der Waals surface area contributed by atoms with E-state index in [1.165, 1.54) is 0 Å². The van der Waals surface area contributed by atoms with Crippen molar-refractivity contribution >= 4 is 6.03 Å². The summed E-state index contributed by atoms with van der Waals surface area (Å²) in [6.45, 7) is 0. The predicted molar refractivity (Wildman–Crippen MR) is 51.9 cm³/mol. The third kappa shape index (κ3) is 2.25. The van der Waals surface area contributed by atoms with Gasteiger partial charge in [0.05, 0.1) is 0 Å². The van der Waals surface area contributed by atoms with Crippen molar-refractivity contribution in [3.05, 3.63) is 0 Å². The van der Waals surface area contributed by atoms with Crippen molar-refractivity contribution in [2.75, 3.05) is 0 Å². The number of hydrogen-bond donors (Lipinski definition) is 2. The second kappa shape index (κ2) is 3.82. The molecule has 2 N–H and O–H groups in total. The summed E-state index contributed by atoms with van der Waals surface area (Å²) in [4.78, 5) is 11.4. The second-order valence-electron chi connectivity index (χ2n) is 4.66. The maximum atomic E-state index is 12.5. The van der Waals surface area contributed by atoms with Crippen LogP contribution in [0.2, 0.25) is 0 Å². The summed E-state index contributed by atoms with van der Waals surface area (Å²) in [5, 5.41) is 4.66. The Morgan fingerprint density at radius 2 is 1.75 bits per heavy atom. The lowest BCUT2D eigenvalue weighted by atomic mass is 10.2. The number of halogens is 3. The summed E-state index contributed by atoms with van der Waals surface area (Å²) in [7, 11) is 0. The summed E-state index contributed by atoms with van der Waals surface area (Å²) in [5.41, 5.74) is -1.95. The first kappa shape index (κ1) is 11.5. The monoisotopic (exact) mass is 236 g/mol. The van der Waals surface area contributed by atoms with Crippen molar-refractivity contribution in [1.29, 1.82) is 0 Å². The second-order valence-corrected chi connectivity index (χ2v) is 4.66. The number of carbonyl (C=O) groups excluding carboxylic acids is 1. The van der Waals surface area contributed by atoms with E-state index in [1.807, 2.05) is 0 Å². The smallest absolute Gasteiger partial charge is 0.335 e. The van der Waals surface area contributed by atoms with Gasteiger partial charge in [-0.3, -0.25) is 0 Å². The molecule has 2 amide bonds. The Hall–Kier alpha value is -0.940. The van der Waals surface area contributed by atoms with Gasteiger partial charge < -0.3 is 10.6 Å². The molecule has 0 bridgehead atoms. The molecule has 0 heterocycles. The lowest BCUT2D eigenvalue weighted by Crippen LogP contribution is -2.53. The molecule has 2 aliphatic carbocycles. The van der Waals surface area contributed by atoms with Crippen LogP contribution in [0.1, 0.15) is 38.5 Å². The Balaban J connectivity index is 1.83. The van der Waals surface area contributed by atoms with Gasteiger partial charge in [0.1, 0.15) is 5.54 Å². The van der Waals surface area contributed by atoms with Gasteiger partial charge in [-0.05, 0) is 25.7 Å². The van der Waals surface area contributed by atoms with E-state index < -0.39 is 17.7 Å². The van der Waals surface area contributed by atoms with Crippen molar-refractivity contribution in [1.82, 2.24) is 10.6 Å². The Bertz CT molecular complexity index is 280. The van der Waals surface area contributed by atoms with Gasteiger partial charge in [-0.1, -0.05) is 12.8 Å². The molecular weight excluding hydrogens is 221 g/mol. The molecule has 2 aliphatic rings. The number of hydrogen-bond acceptors (Lipinski definition) is 1. The van der Waals surface area contributed by atoms with E-state index >= 15 is 0 Å². The average Bonchev–Trinajstić information content (AvgIpc) is 2.75. The van der Waals surface area contributed by atoms with E-state index in [1.54, 1.807) is 0 Å². The van der Waals surface area contributed by atoms with Crippen LogP contribution >= 0.6 is 0 Å². The Kier molecular flexibility index (Phi) is 2.75. The summed E-state index contributed by atoms with van der Waals surface area (Å²) in [6, 6.07) is -0.634. The van der Waals surface area contributed by atoms with E-state index in [-0.39, 0.29) is 18.9 Å². The van der Waals surface area contributed by atoms with Crippen LogP contribution in [0.25, 0.3) is 0 Å². The standard InChI is InChI=1S/C10H15F3N2O/c11-10(12,13)9(5-6-9)15-8(16)14-7-3-1-2-4-7/h7H,1-6H2,(H2,14,15,16). The van der Waals surface area contributed by atoms with Crippen molar-refractivity contribution in [3.8, 4) is 0 Å². The molecule has 0 atom stereocenters. The summed E-state index contributed by atoms with van der Waals surface area (Å²) in [6.07, 6.45) is -0.535. The van der Waals surface area contributed by atoms with E-state index in [0.717, 1.165) is 25.7 Å². The molecular formula is C10H15F3N2O. The van der Waals surface area contributed by atoms with E-state index in [4.69, 9.17) is 0 Å². The fourth-order valence-corrected chi connectivity index (χ4v) is 2.11. The van der Waals surface area contributed by atoms with Crippen LogP contribution in [0.5, 0.6) is 0 Å². The molecule has 0 spiro atoms. The molecule has 2 saturated carbocycles. The zero-order chi connectivity index (χ0) is 11.8. The van der Waals surface area contributed by atoms with Crippen molar-refractivity contribution in [2.24, 2.45) is 0 Å². The van der Waals surface area contributed by atoms with Crippen LogP contribution in [0.15, 0.2) is 0 Å². The zero-order valence-electron chi connectivity index (χ0n) is 8.86. The molecule has 2 fully saturated rings. The highest BCUT2D eigenvalue weighted by Crippen LogP contribution is 2.48. The largest absolute Gasteiger partial charge is 0.411 e. The molecule has 0 aromatic carbocycles. The van der Waals surface area contributed by atoms with Crippen LogP contribution in [0, 0.1) is 0 Å². The molecule has 6 heteroatoms. The summed E-state index contributed by atoms with van der Waals surface area (Å²) < 4.78 is 37.6. The van der Waals surface area contributed by atoms with Crippen molar-refractivity contribution < 1.29 is 18.0 Å². The third-order valence-electron chi connectivity index (χ3n) is 3.34. The summed E-state index contributed by atoms with van der Waals surface area (Å²) >= 11 is 0. The lowest BCUT2D eigenvalue weighted by Gasteiger charge is -2.22. The molecule has 0 aliphatic heterocycles. The number of carbonyl (C=O) groups is 1. The molecule has 16 heavy (non-hydrogen) atoms. The van der Waals surface area contributed by atoms with E-state index in [2.05, 4.69) is 10.6 Å². The fraction of sp³-hybridized carbons (Fsp3) is 0.900. The molecule has 0 saturated heterocycles. The third-order valence-corrected chi connectivity index (χ3v) is 3.34. The Morgan fingerprint density at radius 3 is 2.19 bits per heavy atom. The lowest BCUT2D eigenvalue weighted by molar-refractivity contribution is -0.162. The van der Waals surface area contributed by atoms with Gasteiger partial charge in [0, 0.05) is 6.04 Å². The normalized spacial score (nSPS) is 24.2. The Morgan fingerprint density at radius 1 is 1.19 bits per heavy atom. The number of alkyl halides is 3. The molecule has 0 radical (unpaired) electrons. The first-order valence-corrected chi connectivity index (χ1v) is 5.58. The molecule has 0 unspecified atom stereocenters. The maximum Gasteiger partial charge on any atom is 0.411 e. The number of urea groups is 1. The van der Waals surface area contributed by atoms with Crippen LogP contribution < -0.4 is 10.6 Å². The fourth-order valence-electron chi connectivity index (χ4n) is 2.11. The number of amides is 2. The van der Waals surface area contributed by atoms with Crippen LogP contribution in [0.4, 0.5) is 18.0 Å². The van der Waals surface area contributed by atoms with Gasteiger partial charge in [-0.15, -0.1) is 0 Å². The van der Waals surface area contributed by atoms with Crippen molar-refractivity contribution in [2.45, 2.75) is 56.3 Å². The average molecular weight is 236 g/mol. The first-order valence-electron chi connectivity index (χ1n) is 5.58. The number of rotatable bonds is 2. The maximum absolute atomic E-state index is 12.5. The van der Waals surface area contributed by atoms with Crippen LogP contribution in [0.3, 0.4) is 0 Å². The van der Waals surface area contributed by atoms with Gasteiger partial charge in [0.2, 0.25) is 0 Å². The quantitative estimate of drug-likeness (QED) is 0.759. The first-order chi connectivity index (χ1) is 7.43. The van der Waals surface area contributed by atoms with Gasteiger partial charge in [-0.25, -0.2) is 4.79 Å². The molecule has 2 rings (SSSR count). The zero-order valence-corrected chi connectivity index (χ0v) is 8.86. The van der Waals surface area contributed by atoms with Gasteiger partial charge in [0.15, 0.2) is 0 Å². The topological polar surface area (TPSA) is 41.1 Å². The highest BCUT2D eigenvalue weighted by molar-refractivity contribution is 5.75. The minimum absolute atomic E-state index is 0.00537. The highest BCUT2D eigenvalue weighted by atomic mass is 19.4. The van der Waals surface area contributed by atoms with Gasteiger partial charge in [-0.2, -0.15) is 13.2 Å². The van der Waals surface area contributed by atoms with Gasteiger partial charge >= 0.3 is 12.2 Å². The number of nitrogens with one attached hydrogen (secondary N) is 2. The van der Waals surface area contributed by atoms with Gasteiger partial charge in [0.25, 0.3) is 0 Å². The molecule has 92 valence electrons. The highest BCUT2D eigenvalue weighted by Gasteiger charge is 2.64. The van der Waals surface area contributed by atoms with E-state index in [9.17, 15) is 18.0 Å². The molecule has 3 nitrogen and oxygen atoms in total. The van der Waals surface area contributed by atoms with Crippen molar-refractivity contribution in [3.63, 3.8) is 0 Å².